The number of carbonyl (C=O) groups excluding carboxylic acids is 1. The highest BCUT2D eigenvalue weighted by molar-refractivity contribution is 5.91. The van der Waals surface area contributed by atoms with Gasteiger partial charge in [-0.05, 0) is 79.6 Å². The Morgan fingerprint density at radius 3 is 2.52 bits per heavy atom. The lowest BCUT2D eigenvalue weighted by atomic mass is 9.47. The number of aliphatic hydroxyl groups excluding tert-OH is 1. The van der Waals surface area contributed by atoms with E-state index >= 15 is 0 Å². The molecule has 0 bridgehead atoms. The smallest absolute Gasteiger partial charge is 0.331 e. The molecule has 2 N–H and O–H groups in total. The Kier molecular flexibility index (Phi) is 4.61. The third kappa shape index (κ3) is 2.74. The Balaban J connectivity index is 1.69. The number of ketones is 1. The van der Waals surface area contributed by atoms with Gasteiger partial charge in [-0.15, -0.1) is 0 Å². The van der Waals surface area contributed by atoms with Crippen molar-refractivity contribution in [3.63, 3.8) is 0 Å². The quantitative estimate of drug-likeness (QED) is 0.725. The fraction of sp³-hybridized carbons (Fsp3) is 0.739. The average molecular weight is 373 g/mol. The van der Waals surface area contributed by atoms with Gasteiger partial charge in [0.2, 0.25) is 0 Å². The summed E-state index contributed by atoms with van der Waals surface area (Å²) in [5.41, 5.74) is 3.07. The number of allylic oxidation sites excluding steroid dienone is 2. The molecule has 4 nitrogen and oxygen atoms in total. The van der Waals surface area contributed by atoms with Gasteiger partial charge in [0.15, 0.2) is 5.78 Å². The maximum Gasteiger partial charge on any atom is 0.331 e. The van der Waals surface area contributed by atoms with Gasteiger partial charge in [-0.1, -0.05) is 25.0 Å². The molecule has 4 rings (SSSR count). The minimum atomic E-state index is -0.852. The molecule has 148 valence electrons. The first-order valence-electron chi connectivity index (χ1n) is 10.6. The summed E-state index contributed by atoms with van der Waals surface area (Å²) in [5.74, 6) is 1.22. The van der Waals surface area contributed by atoms with Crippen LogP contribution in [0.25, 0.3) is 0 Å². The van der Waals surface area contributed by atoms with Gasteiger partial charge in [-0.25, -0.2) is 4.79 Å². The normalized spacial score (nSPS) is 42.7. The summed E-state index contributed by atoms with van der Waals surface area (Å²) in [6, 6.07) is 0. The highest BCUT2D eigenvalue weighted by Gasteiger charge is 2.58. The minimum absolute atomic E-state index is 0.0356. The van der Waals surface area contributed by atoms with Crippen LogP contribution < -0.4 is 0 Å². The number of hydrogen-bond acceptors (Lipinski definition) is 3. The van der Waals surface area contributed by atoms with Crippen LogP contribution in [-0.2, 0) is 9.59 Å². The van der Waals surface area contributed by atoms with Crippen molar-refractivity contribution in [2.24, 2.45) is 28.6 Å². The Morgan fingerprint density at radius 2 is 1.81 bits per heavy atom. The van der Waals surface area contributed by atoms with Crippen LogP contribution in [0.1, 0.15) is 71.6 Å². The van der Waals surface area contributed by atoms with Gasteiger partial charge < -0.3 is 10.2 Å². The topological polar surface area (TPSA) is 74.6 Å². The second kappa shape index (κ2) is 6.58. The standard InChI is InChI=1S/C23H32O4/c1-22-10-7-15(25)13-14(22)3-4-16-18-5-6-19(17(9-12-24)21(26)27)23(18,2)11-8-20(16)22/h13,16,18,20,24H,3-12H2,1-2H3,(H,26,27)/b19-17-/t16-,18-,20-,22-,23-/m0/s1. The molecule has 27 heavy (non-hydrogen) atoms. The zero-order valence-electron chi connectivity index (χ0n) is 16.6. The van der Waals surface area contributed by atoms with Crippen molar-refractivity contribution in [2.45, 2.75) is 71.6 Å². The van der Waals surface area contributed by atoms with Crippen molar-refractivity contribution in [2.75, 3.05) is 6.61 Å². The molecule has 4 aliphatic rings. The Hall–Kier alpha value is -1.42. The van der Waals surface area contributed by atoms with Gasteiger partial charge in [0.25, 0.3) is 0 Å². The molecule has 0 aromatic carbocycles. The second-order valence-electron chi connectivity index (χ2n) is 9.70. The van der Waals surface area contributed by atoms with Gasteiger partial charge in [0, 0.05) is 25.0 Å². The van der Waals surface area contributed by atoms with E-state index < -0.39 is 5.97 Å². The first kappa shape index (κ1) is 18.9. The van der Waals surface area contributed by atoms with Crippen molar-refractivity contribution in [3.8, 4) is 0 Å². The molecule has 0 saturated heterocycles. The molecule has 0 aliphatic heterocycles. The predicted molar refractivity (Wildman–Crippen MR) is 103 cm³/mol. The van der Waals surface area contributed by atoms with Crippen molar-refractivity contribution in [1.82, 2.24) is 0 Å². The highest BCUT2D eigenvalue weighted by atomic mass is 16.4. The summed E-state index contributed by atoms with van der Waals surface area (Å²) >= 11 is 0. The molecule has 0 radical (unpaired) electrons. The number of hydrogen-bond donors (Lipinski definition) is 2. The number of carboxylic acid groups (broad SMARTS) is 1. The van der Waals surface area contributed by atoms with Crippen LogP contribution in [0.15, 0.2) is 22.8 Å². The van der Waals surface area contributed by atoms with Crippen molar-refractivity contribution in [1.29, 1.82) is 0 Å². The van der Waals surface area contributed by atoms with E-state index in [-0.39, 0.29) is 23.9 Å². The lowest BCUT2D eigenvalue weighted by Gasteiger charge is -2.57. The Morgan fingerprint density at radius 1 is 1.07 bits per heavy atom. The van der Waals surface area contributed by atoms with Gasteiger partial charge in [-0.2, -0.15) is 0 Å². The molecular formula is C23H32O4. The van der Waals surface area contributed by atoms with Crippen molar-refractivity contribution in [3.05, 3.63) is 22.8 Å². The Labute approximate surface area is 161 Å². The number of aliphatic hydroxyl groups is 1. The Bertz CT molecular complexity index is 733. The van der Waals surface area contributed by atoms with Crippen molar-refractivity contribution < 1.29 is 19.8 Å². The van der Waals surface area contributed by atoms with E-state index in [0.29, 0.717) is 35.5 Å². The van der Waals surface area contributed by atoms with E-state index in [4.69, 9.17) is 0 Å². The van der Waals surface area contributed by atoms with Crippen LogP contribution in [-0.4, -0.2) is 28.6 Å². The molecule has 0 spiro atoms. The van der Waals surface area contributed by atoms with Crippen LogP contribution in [0, 0.1) is 28.6 Å². The minimum Gasteiger partial charge on any atom is -0.478 e. The molecule has 4 heteroatoms. The third-order valence-electron chi connectivity index (χ3n) is 8.73. The number of carbonyl (C=O) groups is 2. The molecule has 0 aromatic rings. The lowest BCUT2D eigenvalue weighted by Crippen LogP contribution is -2.49. The highest BCUT2D eigenvalue weighted by Crippen LogP contribution is 2.66. The number of rotatable bonds is 3. The number of carboxylic acids is 1. The first-order valence-corrected chi connectivity index (χ1v) is 10.6. The van der Waals surface area contributed by atoms with E-state index in [0.717, 1.165) is 50.5 Å². The molecule has 0 amide bonds. The molecule has 0 unspecified atom stereocenters. The number of aliphatic carboxylic acids is 1. The van der Waals surface area contributed by atoms with E-state index in [9.17, 15) is 19.8 Å². The fourth-order valence-electron chi connectivity index (χ4n) is 7.37. The number of fused-ring (bicyclic) bond motifs is 5. The SMILES string of the molecule is C[C@]12CCC(=O)C=C1CC[C@@H]1[C@@H]2CC[C@]2(C)/C(=C(/CCO)C(=O)O)CC[C@@H]12. The molecule has 0 heterocycles. The van der Waals surface area contributed by atoms with Crippen LogP contribution in [0.3, 0.4) is 0 Å². The maximum atomic E-state index is 11.9. The summed E-state index contributed by atoms with van der Waals surface area (Å²) < 4.78 is 0. The van der Waals surface area contributed by atoms with Crippen molar-refractivity contribution >= 4 is 11.8 Å². The zero-order chi connectivity index (χ0) is 19.4. The molecule has 4 aliphatic carbocycles. The summed E-state index contributed by atoms with van der Waals surface area (Å²) in [5, 5.41) is 19.1. The van der Waals surface area contributed by atoms with E-state index in [1.54, 1.807) is 0 Å². The molecular weight excluding hydrogens is 340 g/mol. The molecule has 3 saturated carbocycles. The largest absolute Gasteiger partial charge is 0.478 e. The second-order valence-corrected chi connectivity index (χ2v) is 9.70. The summed E-state index contributed by atoms with van der Waals surface area (Å²) in [6.07, 6.45) is 10.1. The molecule has 5 atom stereocenters. The summed E-state index contributed by atoms with van der Waals surface area (Å²) in [6.45, 7) is 4.57. The average Bonchev–Trinajstić information content (AvgIpc) is 2.97. The summed E-state index contributed by atoms with van der Waals surface area (Å²) in [4.78, 5) is 23.8. The molecule has 0 aromatic heterocycles. The third-order valence-corrected chi connectivity index (χ3v) is 8.73. The predicted octanol–water partition coefficient (Wildman–Crippen LogP) is 4.28. The van der Waals surface area contributed by atoms with E-state index in [1.165, 1.54) is 5.57 Å². The van der Waals surface area contributed by atoms with Gasteiger partial charge in [0.05, 0.1) is 0 Å². The zero-order valence-corrected chi connectivity index (χ0v) is 16.6. The van der Waals surface area contributed by atoms with Crippen LogP contribution in [0.2, 0.25) is 0 Å². The lowest BCUT2D eigenvalue weighted by molar-refractivity contribution is -0.133. The summed E-state index contributed by atoms with van der Waals surface area (Å²) in [7, 11) is 0. The van der Waals surface area contributed by atoms with E-state index in [2.05, 4.69) is 13.8 Å². The fourth-order valence-corrected chi connectivity index (χ4v) is 7.37. The maximum absolute atomic E-state index is 11.9. The molecule has 3 fully saturated rings. The van der Waals surface area contributed by atoms with Gasteiger partial charge in [0.1, 0.15) is 0 Å². The van der Waals surface area contributed by atoms with E-state index in [1.807, 2.05) is 6.08 Å². The monoisotopic (exact) mass is 372 g/mol. The van der Waals surface area contributed by atoms with Crippen LogP contribution >= 0.6 is 0 Å². The van der Waals surface area contributed by atoms with Gasteiger partial charge >= 0.3 is 5.97 Å². The van der Waals surface area contributed by atoms with Crippen LogP contribution in [0.5, 0.6) is 0 Å². The van der Waals surface area contributed by atoms with Crippen LogP contribution in [0.4, 0.5) is 0 Å². The van der Waals surface area contributed by atoms with Gasteiger partial charge in [-0.3, -0.25) is 4.79 Å². The first-order chi connectivity index (χ1) is 12.8.